The summed E-state index contributed by atoms with van der Waals surface area (Å²) in [7, 11) is 0. The van der Waals surface area contributed by atoms with Crippen molar-refractivity contribution in [2.24, 2.45) is 17.8 Å². The molecule has 2 N–H and O–H groups in total. The number of carboxylic acid groups (broad SMARTS) is 1. The van der Waals surface area contributed by atoms with Gasteiger partial charge in [0.1, 0.15) is 6.61 Å². The van der Waals surface area contributed by atoms with Crippen LogP contribution in [-0.4, -0.2) is 29.8 Å². The van der Waals surface area contributed by atoms with Gasteiger partial charge in [-0.15, -0.1) is 0 Å². The Balaban J connectivity index is 1.30. The fourth-order valence-corrected chi connectivity index (χ4v) is 5.13. The first-order chi connectivity index (χ1) is 13.6. The first-order valence-corrected chi connectivity index (χ1v) is 9.66. The number of hydrogen-bond donors (Lipinski definition) is 2. The van der Waals surface area contributed by atoms with Crippen molar-refractivity contribution in [3.05, 3.63) is 71.8 Å². The predicted octanol–water partition coefficient (Wildman–Crippen LogP) is 3.80. The number of benzene rings is 2. The molecule has 3 aliphatic carbocycles. The SMILES string of the molecule is O=C(N[C@@H]1[C@H](C(=O)O)[C@H]2C=C[C@@H]1C2)OCC1c2ccccc2-c2ccccc21. The Morgan fingerprint density at radius 3 is 2.21 bits per heavy atom. The first-order valence-electron chi connectivity index (χ1n) is 9.66. The summed E-state index contributed by atoms with van der Waals surface area (Å²) in [6, 6.07) is 15.9. The van der Waals surface area contributed by atoms with Gasteiger partial charge in [0, 0.05) is 5.92 Å². The molecule has 28 heavy (non-hydrogen) atoms. The molecule has 3 aliphatic rings. The van der Waals surface area contributed by atoms with Crippen LogP contribution in [0.25, 0.3) is 11.1 Å². The highest BCUT2D eigenvalue weighted by molar-refractivity contribution is 5.79. The third kappa shape index (κ3) is 2.61. The Hall–Kier alpha value is -3.08. The number of rotatable bonds is 4. The minimum atomic E-state index is -0.860. The normalized spacial score (nSPS) is 26.7. The third-order valence-corrected chi connectivity index (χ3v) is 6.37. The minimum Gasteiger partial charge on any atom is -0.481 e. The van der Waals surface area contributed by atoms with Crippen molar-refractivity contribution in [1.29, 1.82) is 0 Å². The highest BCUT2D eigenvalue weighted by Gasteiger charge is 2.49. The summed E-state index contributed by atoms with van der Waals surface area (Å²) < 4.78 is 5.57. The highest BCUT2D eigenvalue weighted by Crippen LogP contribution is 2.45. The lowest BCUT2D eigenvalue weighted by Gasteiger charge is -2.25. The number of fused-ring (bicyclic) bond motifs is 5. The van der Waals surface area contributed by atoms with Crippen molar-refractivity contribution in [2.45, 2.75) is 18.4 Å². The molecule has 0 radical (unpaired) electrons. The lowest BCUT2D eigenvalue weighted by atomic mass is 9.89. The smallest absolute Gasteiger partial charge is 0.407 e. The van der Waals surface area contributed by atoms with Gasteiger partial charge < -0.3 is 15.2 Å². The van der Waals surface area contributed by atoms with Crippen molar-refractivity contribution < 1.29 is 19.4 Å². The van der Waals surface area contributed by atoms with Crippen LogP contribution in [0.5, 0.6) is 0 Å². The number of aliphatic carboxylic acids is 1. The Bertz CT molecular complexity index is 937. The molecule has 0 heterocycles. The molecule has 1 fully saturated rings. The highest BCUT2D eigenvalue weighted by atomic mass is 16.5. The number of carboxylic acids is 1. The molecule has 0 aliphatic heterocycles. The van der Waals surface area contributed by atoms with Crippen LogP contribution >= 0.6 is 0 Å². The van der Waals surface area contributed by atoms with E-state index >= 15 is 0 Å². The summed E-state index contributed by atoms with van der Waals surface area (Å²) in [5.74, 6) is -1.36. The summed E-state index contributed by atoms with van der Waals surface area (Å²) in [6.07, 6.45) is 4.21. The van der Waals surface area contributed by atoms with Crippen LogP contribution in [0.2, 0.25) is 0 Å². The monoisotopic (exact) mass is 375 g/mol. The maximum atomic E-state index is 12.5. The number of carbonyl (C=O) groups is 2. The molecule has 0 unspecified atom stereocenters. The summed E-state index contributed by atoms with van der Waals surface area (Å²) in [5.41, 5.74) is 4.66. The zero-order valence-electron chi connectivity index (χ0n) is 15.2. The maximum Gasteiger partial charge on any atom is 0.407 e. The first kappa shape index (κ1) is 17.0. The van der Waals surface area contributed by atoms with Gasteiger partial charge in [-0.3, -0.25) is 4.79 Å². The lowest BCUT2D eigenvalue weighted by molar-refractivity contribution is -0.143. The average molecular weight is 375 g/mol. The number of hydrogen-bond acceptors (Lipinski definition) is 3. The number of carbonyl (C=O) groups excluding carboxylic acids is 1. The predicted molar refractivity (Wildman–Crippen MR) is 104 cm³/mol. The molecular weight excluding hydrogens is 354 g/mol. The molecule has 1 amide bonds. The zero-order valence-corrected chi connectivity index (χ0v) is 15.2. The second kappa shape index (κ2) is 6.51. The standard InChI is InChI=1S/C23H21NO4/c25-22(26)20-13-9-10-14(11-13)21(20)24-23(27)28-12-19-17-7-3-1-5-15(17)16-6-2-4-8-18(16)19/h1-10,13-14,19-21H,11-12H2,(H,24,27)(H,25,26)/t13-,14+,20+,21-/m0/s1. The molecule has 142 valence electrons. The molecule has 0 spiro atoms. The van der Waals surface area contributed by atoms with Crippen LogP contribution in [-0.2, 0) is 9.53 Å². The largest absolute Gasteiger partial charge is 0.481 e. The quantitative estimate of drug-likeness (QED) is 0.797. The fourth-order valence-electron chi connectivity index (χ4n) is 5.13. The van der Waals surface area contributed by atoms with E-state index in [1.807, 2.05) is 36.4 Å². The van der Waals surface area contributed by atoms with Crippen molar-refractivity contribution in [3.8, 4) is 11.1 Å². The van der Waals surface area contributed by atoms with Gasteiger partial charge in [0.25, 0.3) is 0 Å². The Morgan fingerprint density at radius 1 is 0.964 bits per heavy atom. The fraction of sp³-hybridized carbons (Fsp3) is 0.304. The van der Waals surface area contributed by atoms with Gasteiger partial charge >= 0.3 is 12.1 Å². The molecular formula is C23H21NO4. The van der Waals surface area contributed by atoms with Crippen LogP contribution in [0.1, 0.15) is 23.5 Å². The van der Waals surface area contributed by atoms with Crippen molar-refractivity contribution in [2.75, 3.05) is 6.61 Å². The van der Waals surface area contributed by atoms with Gasteiger partial charge in [0.15, 0.2) is 0 Å². The van der Waals surface area contributed by atoms with E-state index in [1.165, 1.54) is 11.1 Å². The number of alkyl carbamates (subject to hydrolysis) is 1. The molecule has 0 saturated heterocycles. The molecule has 1 saturated carbocycles. The zero-order chi connectivity index (χ0) is 19.3. The maximum absolute atomic E-state index is 12.5. The van der Waals surface area contributed by atoms with E-state index in [9.17, 15) is 14.7 Å². The van der Waals surface area contributed by atoms with E-state index in [-0.39, 0.29) is 24.4 Å². The number of allylic oxidation sites excluding steroid dienone is 1. The van der Waals surface area contributed by atoms with Crippen LogP contribution in [0.4, 0.5) is 4.79 Å². The molecule has 5 heteroatoms. The van der Waals surface area contributed by atoms with E-state index in [0.29, 0.717) is 0 Å². The van der Waals surface area contributed by atoms with E-state index in [4.69, 9.17) is 4.74 Å². The average Bonchev–Trinajstić information content (AvgIpc) is 3.38. The van der Waals surface area contributed by atoms with Crippen LogP contribution in [0, 0.1) is 17.8 Å². The van der Waals surface area contributed by atoms with Crippen LogP contribution in [0.15, 0.2) is 60.7 Å². The van der Waals surface area contributed by atoms with Gasteiger partial charge in [-0.05, 0) is 40.5 Å². The number of ether oxygens (including phenoxy) is 1. The molecule has 2 bridgehead atoms. The van der Waals surface area contributed by atoms with Gasteiger partial charge in [-0.25, -0.2) is 4.79 Å². The number of amides is 1. The number of nitrogens with one attached hydrogen (secondary N) is 1. The van der Waals surface area contributed by atoms with Gasteiger partial charge in [0.05, 0.1) is 12.0 Å². The summed E-state index contributed by atoms with van der Waals surface area (Å²) >= 11 is 0. The van der Waals surface area contributed by atoms with Gasteiger partial charge in [0.2, 0.25) is 0 Å². The Labute approximate surface area is 163 Å². The van der Waals surface area contributed by atoms with Crippen molar-refractivity contribution in [1.82, 2.24) is 5.32 Å². The summed E-state index contributed by atoms with van der Waals surface area (Å²) in [6.45, 7) is 0.230. The summed E-state index contributed by atoms with van der Waals surface area (Å²) in [5, 5.41) is 12.3. The molecule has 5 rings (SSSR count). The minimum absolute atomic E-state index is 0.00128. The van der Waals surface area contributed by atoms with Crippen molar-refractivity contribution in [3.63, 3.8) is 0 Å². The van der Waals surface area contributed by atoms with E-state index in [2.05, 4.69) is 29.6 Å². The molecule has 4 atom stereocenters. The molecule has 2 aromatic carbocycles. The molecule has 2 aromatic rings. The Morgan fingerprint density at radius 2 is 1.57 bits per heavy atom. The Kier molecular flexibility index (Phi) is 3.97. The van der Waals surface area contributed by atoms with Gasteiger partial charge in [-0.1, -0.05) is 60.7 Å². The summed E-state index contributed by atoms with van der Waals surface area (Å²) in [4.78, 5) is 24.1. The molecule has 5 nitrogen and oxygen atoms in total. The lowest BCUT2D eigenvalue weighted by Crippen LogP contribution is -2.46. The van der Waals surface area contributed by atoms with Gasteiger partial charge in [-0.2, -0.15) is 0 Å². The van der Waals surface area contributed by atoms with E-state index < -0.39 is 24.0 Å². The topological polar surface area (TPSA) is 75.6 Å². The van der Waals surface area contributed by atoms with Crippen LogP contribution < -0.4 is 5.32 Å². The van der Waals surface area contributed by atoms with Crippen molar-refractivity contribution >= 4 is 12.1 Å². The van der Waals surface area contributed by atoms with E-state index in [0.717, 1.165) is 17.5 Å². The second-order valence-corrected chi connectivity index (χ2v) is 7.81. The second-order valence-electron chi connectivity index (χ2n) is 7.81. The molecule has 0 aromatic heterocycles. The third-order valence-electron chi connectivity index (χ3n) is 6.37. The van der Waals surface area contributed by atoms with E-state index in [1.54, 1.807) is 0 Å². The van der Waals surface area contributed by atoms with Crippen LogP contribution in [0.3, 0.4) is 0 Å².